The average molecular weight is 979 g/mol. The fourth-order valence-electron chi connectivity index (χ4n) is 9.29. The van der Waals surface area contributed by atoms with Gasteiger partial charge in [-0.2, -0.15) is 0 Å². The maximum atomic E-state index is 13.5. The summed E-state index contributed by atoms with van der Waals surface area (Å²) in [5.41, 5.74) is 4.47. The van der Waals surface area contributed by atoms with Crippen molar-refractivity contribution in [3.05, 3.63) is 252 Å². The summed E-state index contributed by atoms with van der Waals surface area (Å²) < 4.78 is 35.8. The van der Waals surface area contributed by atoms with E-state index in [1.165, 1.54) is 6.33 Å². The van der Waals surface area contributed by atoms with Crippen molar-refractivity contribution >= 4 is 38.8 Å². The summed E-state index contributed by atoms with van der Waals surface area (Å²) in [5.74, 6) is 1.37. The Kier molecular flexibility index (Phi) is 13.1. The van der Waals surface area contributed by atoms with Crippen molar-refractivity contribution in [2.45, 2.75) is 34.5 Å². The normalized spacial score (nSPS) is 17.1. The second-order valence-electron chi connectivity index (χ2n) is 16.6. The molecule has 1 fully saturated rings. The zero-order valence-corrected chi connectivity index (χ0v) is 39.4. The second kappa shape index (κ2) is 20.0. The second-order valence-corrected chi connectivity index (χ2v) is 17.6. The Morgan fingerprint density at radius 2 is 1.04 bits per heavy atom. The van der Waals surface area contributed by atoms with Gasteiger partial charge < -0.3 is 29.0 Å². The molecule has 2 aromatic heterocycles. The number of amides is 1. The van der Waals surface area contributed by atoms with Crippen LogP contribution in [0.15, 0.2) is 213 Å². The quantitative estimate of drug-likeness (QED) is 0.0746. The monoisotopic (exact) mass is 977 g/mol. The smallest absolute Gasteiger partial charge is 0.256 e. The summed E-state index contributed by atoms with van der Waals surface area (Å²) in [7, 11) is 3.31. The lowest BCUT2D eigenvalue weighted by Gasteiger charge is -2.40. The van der Waals surface area contributed by atoms with Crippen LogP contribution in [0.25, 0.3) is 11.2 Å². The molecule has 1 amide bonds. The highest BCUT2D eigenvalue weighted by Crippen LogP contribution is 2.49. The molecule has 69 heavy (non-hydrogen) atoms. The van der Waals surface area contributed by atoms with Gasteiger partial charge in [-0.15, -0.1) is 0 Å². The van der Waals surface area contributed by atoms with Gasteiger partial charge in [0.1, 0.15) is 35.1 Å². The molecule has 11 nitrogen and oxygen atoms in total. The molecule has 9 aromatic rings. The number of fused-ring (bicyclic) bond motifs is 1. The van der Waals surface area contributed by atoms with Crippen molar-refractivity contribution in [2.75, 3.05) is 26.1 Å². The van der Waals surface area contributed by atoms with Crippen molar-refractivity contribution in [1.29, 1.82) is 0 Å². The van der Waals surface area contributed by atoms with Crippen LogP contribution in [0.5, 0.6) is 11.5 Å². The zero-order valence-electron chi connectivity index (χ0n) is 37.8. The summed E-state index contributed by atoms with van der Waals surface area (Å²) in [5, 5.41) is 2.95. The van der Waals surface area contributed by atoms with Crippen molar-refractivity contribution < 1.29 is 28.5 Å². The van der Waals surface area contributed by atoms with Gasteiger partial charge in [0, 0.05) is 5.56 Å². The van der Waals surface area contributed by atoms with Crippen LogP contribution >= 0.6 is 15.9 Å². The summed E-state index contributed by atoms with van der Waals surface area (Å²) in [6.07, 6.45) is 0.851. The number of imidazole rings is 1. The molecular formula is C57H48BrN5O6. The van der Waals surface area contributed by atoms with Crippen LogP contribution < -0.4 is 14.8 Å². The number of aromatic nitrogens is 4. The van der Waals surface area contributed by atoms with Crippen LogP contribution in [0, 0.1) is 0 Å². The first-order valence-corrected chi connectivity index (χ1v) is 23.5. The summed E-state index contributed by atoms with van der Waals surface area (Å²) >= 11 is 4.19. The van der Waals surface area contributed by atoms with E-state index in [0.717, 1.165) is 39.1 Å². The van der Waals surface area contributed by atoms with E-state index in [4.69, 9.17) is 33.7 Å². The van der Waals surface area contributed by atoms with Gasteiger partial charge in [-0.25, -0.2) is 15.0 Å². The van der Waals surface area contributed by atoms with Crippen LogP contribution in [0.3, 0.4) is 0 Å². The summed E-state index contributed by atoms with van der Waals surface area (Å²) in [6, 6.07) is 65.7. The lowest BCUT2D eigenvalue weighted by atomic mass is 9.79. The van der Waals surface area contributed by atoms with E-state index in [0.29, 0.717) is 22.5 Å². The highest BCUT2D eigenvalue weighted by Gasteiger charge is 2.52. The average Bonchev–Trinajstić information content (AvgIpc) is 3.99. The number of benzene rings is 7. The first-order chi connectivity index (χ1) is 33.9. The molecule has 0 bridgehead atoms. The molecule has 1 N–H and O–H groups in total. The number of methoxy groups -OCH3 is 2. The predicted molar refractivity (Wildman–Crippen MR) is 269 cm³/mol. The predicted octanol–water partition coefficient (Wildman–Crippen LogP) is 11.1. The Morgan fingerprint density at radius 3 is 1.54 bits per heavy atom. The van der Waals surface area contributed by atoms with Crippen molar-refractivity contribution in [2.24, 2.45) is 0 Å². The number of nitrogens with zero attached hydrogens (tertiary/aromatic N) is 4. The van der Waals surface area contributed by atoms with E-state index < -0.39 is 34.5 Å². The fourth-order valence-corrected chi connectivity index (χ4v) is 9.93. The number of hydrogen-bond donors (Lipinski definition) is 1. The van der Waals surface area contributed by atoms with Gasteiger partial charge in [0.2, 0.25) is 0 Å². The third-order valence-electron chi connectivity index (χ3n) is 12.7. The molecule has 344 valence electrons. The number of hydrogen-bond acceptors (Lipinski definition) is 9. The molecule has 0 aliphatic carbocycles. The van der Waals surface area contributed by atoms with Crippen molar-refractivity contribution in [3.63, 3.8) is 0 Å². The zero-order chi connectivity index (χ0) is 47.2. The van der Waals surface area contributed by atoms with Gasteiger partial charge in [-0.3, -0.25) is 9.36 Å². The lowest BCUT2D eigenvalue weighted by Crippen LogP contribution is -2.43. The molecule has 1 aliphatic heterocycles. The van der Waals surface area contributed by atoms with E-state index in [-0.39, 0.29) is 18.3 Å². The maximum absolute atomic E-state index is 13.5. The number of carbonyl (C=O) groups excluding carboxylic acids is 1. The van der Waals surface area contributed by atoms with Crippen LogP contribution in [0.1, 0.15) is 50.0 Å². The van der Waals surface area contributed by atoms with Gasteiger partial charge in [-0.1, -0.05) is 180 Å². The standard InChI is InChI=1S/C57H48BrN5O6/c1-65-46-32-28-44(29-33-46)56(40-20-10-4-11-21-40,41-22-12-5-13-23-41)67-36-48-49(58)51(55(68-48)63-38-61-50-52(59-37-60-53(50)63)62-54(64)39-18-8-3-9-19-39)69-57(42-24-14-6-15-25-42,43-26-16-7-17-27-43)45-30-34-47(66-2)35-31-45/h3-35,37-38,48-49,51,55H,36H2,1-2H3,(H,59,60,62,64)/t48-,49+,51-,55-/m1/s1. The third-order valence-corrected chi connectivity index (χ3v) is 13.8. The molecule has 3 heterocycles. The minimum atomic E-state index is -1.19. The molecule has 1 saturated heterocycles. The van der Waals surface area contributed by atoms with Crippen LogP contribution in [-0.4, -0.2) is 63.3 Å². The number of rotatable bonds is 16. The number of halogens is 1. The van der Waals surface area contributed by atoms with Crippen LogP contribution in [0.4, 0.5) is 5.82 Å². The fraction of sp³-hybridized carbons (Fsp3) is 0.158. The van der Waals surface area contributed by atoms with Crippen LogP contribution in [-0.2, 0) is 25.4 Å². The molecule has 12 heteroatoms. The number of nitrogens with one attached hydrogen (secondary N) is 1. The minimum Gasteiger partial charge on any atom is -0.497 e. The number of alkyl halides is 1. The highest BCUT2D eigenvalue weighted by atomic mass is 79.9. The first-order valence-electron chi connectivity index (χ1n) is 22.6. The Labute approximate surface area is 408 Å². The summed E-state index contributed by atoms with van der Waals surface area (Å²) in [6.45, 7) is 0.105. The molecular weight excluding hydrogens is 931 g/mol. The van der Waals surface area contributed by atoms with Crippen molar-refractivity contribution in [3.8, 4) is 11.5 Å². The molecule has 0 unspecified atom stereocenters. The van der Waals surface area contributed by atoms with Gasteiger partial charge in [0.15, 0.2) is 23.2 Å². The lowest BCUT2D eigenvalue weighted by molar-refractivity contribution is -0.116. The molecule has 10 rings (SSSR count). The number of anilines is 1. The van der Waals surface area contributed by atoms with E-state index in [1.54, 1.807) is 32.7 Å². The maximum Gasteiger partial charge on any atom is 0.256 e. The first kappa shape index (κ1) is 45.3. The molecule has 0 saturated carbocycles. The molecule has 7 aromatic carbocycles. The largest absolute Gasteiger partial charge is 0.497 e. The van der Waals surface area contributed by atoms with Gasteiger partial charge in [0.25, 0.3) is 5.91 Å². The van der Waals surface area contributed by atoms with Crippen LogP contribution in [0.2, 0.25) is 0 Å². The van der Waals surface area contributed by atoms with E-state index in [2.05, 4.69) is 74.8 Å². The van der Waals surface area contributed by atoms with E-state index in [9.17, 15) is 4.79 Å². The Hall–Kier alpha value is -7.48. The van der Waals surface area contributed by atoms with Gasteiger partial charge in [-0.05, 0) is 69.8 Å². The minimum absolute atomic E-state index is 0.105. The Bertz CT molecular complexity index is 3030. The number of carbonyl (C=O) groups is 1. The summed E-state index contributed by atoms with van der Waals surface area (Å²) in [4.78, 5) is 27.0. The molecule has 0 radical (unpaired) electrons. The third kappa shape index (κ3) is 8.68. The highest BCUT2D eigenvalue weighted by molar-refractivity contribution is 9.09. The molecule has 0 spiro atoms. The Morgan fingerprint density at radius 1 is 0.594 bits per heavy atom. The molecule has 4 atom stereocenters. The van der Waals surface area contributed by atoms with Gasteiger partial charge in [0.05, 0.1) is 38.1 Å². The van der Waals surface area contributed by atoms with E-state index >= 15 is 0 Å². The topological polar surface area (TPSA) is 119 Å². The van der Waals surface area contributed by atoms with Crippen molar-refractivity contribution in [1.82, 2.24) is 19.5 Å². The van der Waals surface area contributed by atoms with Gasteiger partial charge >= 0.3 is 0 Å². The Balaban J connectivity index is 1.12. The SMILES string of the molecule is COc1ccc(C(OC[C@H]2O[C@@H](n3cnc4c(NC(=O)c5ccccc5)ncnc43)[C@H](OC(c3ccccc3)(c3ccccc3)c3ccc(OC)cc3)[C@H]2Br)(c2ccccc2)c2ccccc2)cc1. The number of ether oxygens (including phenoxy) is 5. The molecule has 1 aliphatic rings. The van der Waals surface area contributed by atoms with E-state index in [1.807, 2.05) is 144 Å².